The average Bonchev–Trinajstić information content (AvgIpc) is 3.00. The van der Waals surface area contributed by atoms with Crippen molar-refractivity contribution in [1.29, 1.82) is 0 Å². The van der Waals surface area contributed by atoms with Crippen molar-refractivity contribution in [1.82, 2.24) is 10.2 Å². The minimum absolute atomic E-state index is 0. The second-order valence-corrected chi connectivity index (χ2v) is 5.86. The van der Waals surface area contributed by atoms with Crippen LogP contribution in [0.25, 0.3) is 11.0 Å². The third kappa shape index (κ3) is 3.66. The molecule has 7 heteroatoms. The zero-order valence-electron chi connectivity index (χ0n) is 14.1. The number of nitrogens with zero attached hydrogens (tertiary/aromatic N) is 1. The Hall–Kier alpha value is -1.76. The zero-order valence-corrected chi connectivity index (χ0v) is 14.9. The quantitative estimate of drug-likeness (QED) is 0.851. The fourth-order valence-corrected chi connectivity index (χ4v) is 3.05. The normalized spacial score (nSPS) is 18.2. The van der Waals surface area contributed by atoms with Crippen LogP contribution in [0.4, 0.5) is 0 Å². The van der Waals surface area contributed by atoms with Crippen molar-refractivity contribution in [2.24, 2.45) is 0 Å². The van der Waals surface area contributed by atoms with Crippen molar-refractivity contribution in [3.8, 4) is 5.75 Å². The fourth-order valence-electron chi connectivity index (χ4n) is 3.05. The van der Waals surface area contributed by atoms with Gasteiger partial charge in [-0.3, -0.25) is 4.90 Å². The number of halogens is 1. The molecular weight excluding hydrogens is 332 g/mol. The molecule has 24 heavy (non-hydrogen) atoms. The van der Waals surface area contributed by atoms with Crippen LogP contribution in [0.3, 0.4) is 0 Å². The first-order chi connectivity index (χ1) is 11.1. The molecule has 0 radical (unpaired) electrons. The van der Waals surface area contributed by atoms with Gasteiger partial charge in [-0.15, -0.1) is 12.4 Å². The molecule has 132 valence electrons. The minimum atomic E-state index is -0.481. The molecule has 1 atom stereocenters. The van der Waals surface area contributed by atoms with Crippen molar-refractivity contribution in [3.05, 3.63) is 29.5 Å². The lowest BCUT2D eigenvalue weighted by Gasteiger charge is -2.31. The van der Waals surface area contributed by atoms with Crippen molar-refractivity contribution in [2.45, 2.75) is 19.5 Å². The molecular formula is C17H23ClN2O4. The molecule has 1 saturated heterocycles. The van der Waals surface area contributed by atoms with E-state index in [4.69, 9.17) is 13.9 Å². The van der Waals surface area contributed by atoms with Crippen LogP contribution in [-0.4, -0.2) is 50.8 Å². The van der Waals surface area contributed by atoms with Gasteiger partial charge in [0.2, 0.25) is 5.76 Å². The van der Waals surface area contributed by atoms with Gasteiger partial charge in [0.25, 0.3) is 0 Å². The van der Waals surface area contributed by atoms with E-state index < -0.39 is 5.97 Å². The lowest BCUT2D eigenvalue weighted by molar-refractivity contribution is 0.0567. The molecule has 3 rings (SSSR count). The molecule has 1 aliphatic heterocycles. The topological polar surface area (TPSA) is 63.9 Å². The van der Waals surface area contributed by atoms with Crippen molar-refractivity contribution in [3.63, 3.8) is 0 Å². The number of nitrogens with one attached hydrogen (secondary N) is 1. The van der Waals surface area contributed by atoms with Crippen LogP contribution in [0, 0.1) is 0 Å². The number of carbonyl (C=O) groups is 1. The monoisotopic (exact) mass is 354 g/mol. The highest BCUT2D eigenvalue weighted by Crippen LogP contribution is 2.32. The first kappa shape index (κ1) is 18.6. The van der Waals surface area contributed by atoms with E-state index >= 15 is 0 Å². The van der Waals surface area contributed by atoms with E-state index in [9.17, 15) is 4.79 Å². The van der Waals surface area contributed by atoms with Gasteiger partial charge in [0.15, 0.2) is 11.3 Å². The molecule has 1 aromatic heterocycles. The van der Waals surface area contributed by atoms with E-state index in [0.717, 1.165) is 37.1 Å². The van der Waals surface area contributed by atoms with Crippen LogP contribution >= 0.6 is 12.4 Å². The number of piperazine rings is 1. The Morgan fingerprint density at radius 3 is 2.88 bits per heavy atom. The molecule has 0 saturated carbocycles. The Kier molecular flexibility index (Phi) is 6.10. The van der Waals surface area contributed by atoms with Crippen LogP contribution in [0.1, 0.15) is 23.0 Å². The number of benzene rings is 1. The molecule has 1 aliphatic rings. The van der Waals surface area contributed by atoms with E-state index in [-0.39, 0.29) is 18.2 Å². The summed E-state index contributed by atoms with van der Waals surface area (Å²) in [4.78, 5) is 14.1. The SMILES string of the molecule is COC(=O)c1cc2c(CN3CCN[C@@H](C)C3)ccc(OC)c2o1.Cl. The maximum Gasteiger partial charge on any atom is 0.373 e. The molecule has 0 unspecified atom stereocenters. The summed E-state index contributed by atoms with van der Waals surface area (Å²) in [5.74, 6) is 0.333. The van der Waals surface area contributed by atoms with E-state index in [0.29, 0.717) is 17.4 Å². The smallest absolute Gasteiger partial charge is 0.373 e. The standard InChI is InChI=1S/C17H22N2O4.ClH/c1-11-9-19(7-6-18-11)10-12-4-5-14(21-2)16-13(12)8-15(23-16)17(20)22-3;/h4-5,8,11,18H,6-7,9-10H2,1-3H3;1H/t11-;/m0./s1. The van der Waals surface area contributed by atoms with Gasteiger partial charge in [-0.05, 0) is 24.6 Å². The molecule has 0 amide bonds. The Labute approximate surface area is 147 Å². The third-order valence-corrected chi connectivity index (χ3v) is 4.19. The number of furan rings is 1. The Balaban J connectivity index is 0.00000208. The lowest BCUT2D eigenvalue weighted by Crippen LogP contribution is -2.48. The van der Waals surface area contributed by atoms with Gasteiger partial charge in [-0.2, -0.15) is 0 Å². The highest BCUT2D eigenvalue weighted by Gasteiger charge is 2.21. The molecule has 2 aromatic rings. The fraction of sp³-hybridized carbons (Fsp3) is 0.471. The predicted molar refractivity (Wildman–Crippen MR) is 94.1 cm³/mol. The number of carbonyl (C=O) groups excluding carboxylic acids is 1. The number of hydrogen-bond donors (Lipinski definition) is 1. The number of fused-ring (bicyclic) bond motifs is 1. The zero-order chi connectivity index (χ0) is 16.4. The van der Waals surface area contributed by atoms with Gasteiger partial charge in [-0.25, -0.2) is 4.79 Å². The van der Waals surface area contributed by atoms with E-state index in [1.807, 2.05) is 12.1 Å². The van der Waals surface area contributed by atoms with Crippen molar-refractivity contribution < 1.29 is 18.7 Å². The summed E-state index contributed by atoms with van der Waals surface area (Å²) in [7, 11) is 2.93. The third-order valence-electron chi connectivity index (χ3n) is 4.19. The number of esters is 1. The van der Waals surface area contributed by atoms with Crippen molar-refractivity contribution in [2.75, 3.05) is 33.9 Å². The maximum atomic E-state index is 11.8. The summed E-state index contributed by atoms with van der Waals surface area (Å²) in [6, 6.07) is 6.13. The van der Waals surface area contributed by atoms with Crippen LogP contribution in [0.2, 0.25) is 0 Å². The van der Waals surface area contributed by atoms with Crippen LogP contribution in [-0.2, 0) is 11.3 Å². The molecule has 6 nitrogen and oxygen atoms in total. The molecule has 2 heterocycles. The Bertz CT molecular complexity index is 716. The largest absolute Gasteiger partial charge is 0.493 e. The van der Waals surface area contributed by atoms with E-state index in [1.165, 1.54) is 7.11 Å². The highest BCUT2D eigenvalue weighted by atomic mass is 35.5. The van der Waals surface area contributed by atoms with Gasteiger partial charge in [0, 0.05) is 37.6 Å². The number of hydrogen-bond acceptors (Lipinski definition) is 6. The van der Waals surface area contributed by atoms with Gasteiger partial charge < -0.3 is 19.2 Å². The van der Waals surface area contributed by atoms with Gasteiger partial charge in [-0.1, -0.05) is 6.07 Å². The summed E-state index contributed by atoms with van der Waals surface area (Å²) < 4.78 is 15.8. The number of methoxy groups -OCH3 is 2. The van der Waals surface area contributed by atoms with E-state index in [2.05, 4.69) is 17.1 Å². The van der Waals surface area contributed by atoms with E-state index in [1.54, 1.807) is 13.2 Å². The molecule has 1 N–H and O–H groups in total. The Morgan fingerprint density at radius 2 is 2.21 bits per heavy atom. The molecule has 1 fully saturated rings. The average molecular weight is 355 g/mol. The summed E-state index contributed by atoms with van der Waals surface area (Å²) in [5, 5.41) is 4.34. The number of ether oxygens (including phenoxy) is 2. The second-order valence-electron chi connectivity index (χ2n) is 5.86. The molecule has 0 bridgehead atoms. The second kappa shape index (κ2) is 7.88. The van der Waals surface area contributed by atoms with Crippen molar-refractivity contribution >= 4 is 29.3 Å². The van der Waals surface area contributed by atoms with Gasteiger partial charge >= 0.3 is 5.97 Å². The first-order valence-electron chi connectivity index (χ1n) is 7.76. The Morgan fingerprint density at radius 1 is 1.42 bits per heavy atom. The van der Waals surface area contributed by atoms with Crippen LogP contribution < -0.4 is 10.1 Å². The number of rotatable bonds is 4. The summed E-state index contributed by atoms with van der Waals surface area (Å²) in [6.07, 6.45) is 0. The predicted octanol–water partition coefficient (Wildman–Crippen LogP) is 2.44. The maximum absolute atomic E-state index is 11.8. The summed E-state index contributed by atoms with van der Waals surface area (Å²) in [6.45, 7) is 5.98. The molecule has 0 aliphatic carbocycles. The first-order valence-corrected chi connectivity index (χ1v) is 7.76. The summed E-state index contributed by atoms with van der Waals surface area (Å²) in [5.41, 5.74) is 1.71. The van der Waals surface area contributed by atoms with Crippen LogP contribution in [0.5, 0.6) is 5.75 Å². The molecule has 1 aromatic carbocycles. The van der Waals surface area contributed by atoms with Gasteiger partial charge in [0.05, 0.1) is 14.2 Å². The summed E-state index contributed by atoms with van der Waals surface area (Å²) >= 11 is 0. The molecule has 0 spiro atoms. The van der Waals surface area contributed by atoms with Crippen LogP contribution in [0.15, 0.2) is 22.6 Å². The minimum Gasteiger partial charge on any atom is -0.493 e. The highest BCUT2D eigenvalue weighted by molar-refractivity contribution is 5.95. The van der Waals surface area contributed by atoms with Gasteiger partial charge in [0.1, 0.15) is 0 Å². The lowest BCUT2D eigenvalue weighted by atomic mass is 10.1.